The minimum Gasteiger partial charge on any atom is -0.450 e. The molecule has 0 aromatic rings. The van der Waals surface area contributed by atoms with Crippen molar-refractivity contribution in [3.05, 3.63) is 0 Å². The monoisotopic (exact) mass is 85.0 g/mol. The Bertz CT molecular complexity index is 59.4. The predicted molar refractivity (Wildman–Crippen MR) is 20.3 cm³/mol. The largest absolute Gasteiger partial charge is 0.450 e. The maximum atomic E-state index is 9.44. The van der Waals surface area contributed by atoms with Crippen LogP contribution in [0.3, 0.4) is 0 Å². The van der Waals surface area contributed by atoms with Gasteiger partial charge in [-0.15, -0.1) is 0 Å². The molecule has 33 valence electrons. The summed E-state index contributed by atoms with van der Waals surface area (Å²) in [5, 5.41) is 9.44. The van der Waals surface area contributed by atoms with Gasteiger partial charge < -0.3 is 4.74 Å². The van der Waals surface area contributed by atoms with Crippen molar-refractivity contribution in [1.29, 1.82) is 0 Å². The van der Waals surface area contributed by atoms with Gasteiger partial charge in [0.15, 0.2) is 0 Å². The van der Waals surface area contributed by atoms with Crippen molar-refractivity contribution in [2.45, 2.75) is 0 Å². The van der Waals surface area contributed by atoms with Crippen LogP contribution in [0.15, 0.2) is 0 Å². The van der Waals surface area contributed by atoms with Crippen molar-refractivity contribution >= 4 is 0 Å². The van der Waals surface area contributed by atoms with Gasteiger partial charge in [-0.1, -0.05) is 0 Å². The molecule has 0 spiro atoms. The van der Waals surface area contributed by atoms with Crippen LogP contribution in [0.25, 0.3) is 0 Å². The highest BCUT2D eigenvalue weighted by atomic mass is 16.5. The van der Waals surface area contributed by atoms with E-state index in [1.807, 2.05) is 0 Å². The molecule has 0 rings (SSSR count). The average Bonchev–Trinajstić information content (AvgIpc) is 1.61. The van der Waals surface area contributed by atoms with Gasteiger partial charge in [0, 0.05) is 0 Å². The summed E-state index contributed by atoms with van der Waals surface area (Å²) < 4.78 is 4.22. The lowest BCUT2D eigenvalue weighted by Crippen LogP contribution is -1.69. The third kappa shape index (κ3) is 3.32. The van der Waals surface area contributed by atoms with Gasteiger partial charge in [0.1, 0.15) is 12.7 Å². The Kier molecular flexibility index (Phi) is 3.83. The first kappa shape index (κ1) is 5.32. The van der Waals surface area contributed by atoms with Crippen LogP contribution in [0.5, 0.6) is 0 Å². The maximum absolute atomic E-state index is 9.44. The van der Waals surface area contributed by atoms with Crippen molar-refractivity contribution < 1.29 is 9.84 Å². The summed E-state index contributed by atoms with van der Waals surface area (Å²) in [6.07, 6.45) is 2.14. The number of methoxy groups -OCH3 is 1. The second-order valence-corrected chi connectivity index (χ2v) is 0.627. The summed E-state index contributed by atoms with van der Waals surface area (Å²) in [5.74, 6) is 2.17. The van der Waals surface area contributed by atoms with E-state index in [0.717, 1.165) is 0 Å². The zero-order chi connectivity index (χ0) is 4.83. The lowest BCUT2D eigenvalue weighted by atomic mass is 10.8. The Morgan fingerprint density at radius 2 is 2.50 bits per heavy atom. The summed E-state index contributed by atoms with van der Waals surface area (Å²) in [5.41, 5.74) is 0. The zero-order valence-corrected chi connectivity index (χ0v) is 3.52. The van der Waals surface area contributed by atoms with E-state index in [2.05, 4.69) is 16.8 Å². The summed E-state index contributed by atoms with van der Waals surface area (Å²) >= 11 is 0. The lowest BCUT2D eigenvalue weighted by molar-refractivity contribution is 0.237. The van der Waals surface area contributed by atoms with Gasteiger partial charge in [-0.2, -0.15) is 0 Å². The summed E-state index contributed by atoms with van der Waals surface area (Å²) in [4.78, 5) is 0. The zero-order valence-electron chi connectivity index (χ0n) is 3.52. The molecule has 0 fully saturated rings. The van der Waals surface area contributed by atoms with Crippen molar-refractivity contribution in [2.75, 3.05) is 13.7 Å². The second-order valence-electron chi connectivity index (χ2n) is 0.627. The van der Waals surface area contributed by atoms with Crippen molar-refractivity contribution in [3.63, 3.8) is 0 Å². The highest BCUT2D eigenvalue weighted by Gasteiger charge is 1.58. The van der Waals surface area contributed by atoms with Gasteiger partial charge in [0.05, 0.1) is 7.11 Å². The fraction of sp³-hybridized carbons (Fsp3) is 0.500. The molecule has 0 atom stereocenters. The van der Waals surface area contributed by atoms with E-state index < -0.39 is 0 Å². The number of ether oxygens (including phenoxy) is 1. The molecule has 6 heavy (non-hydrogen) atoms. The SMILES string of the molecule is COC#CC[O]. The summed E-state index contributed by atoms with van der Waals surface area (Å²) in [6, 6.07) is 0. The molecular formula is C4H5O2. The molecular weight excluding hydrogens is 80.0 g/mol. The predicted octanol–water partition coefficient (Wildman–Crippen LogP) is 0.0242. The van der Waals surface area contributed by atoms with Crippen LogP contribution in [0.1, 0.15) is 0 Å². The highest BCUT2D eigenvalue weighted by Crippen LogP contribution is 1.53. The number of hydrogen-bond donors (Lipinski definition) is 0. The summed E-state index contributed by atoms with van der Waals surface area (Å²) in [7, 11) is 1.42. The number of hydrogen-bond acceptors (Lipinski definition) is 1. The molecule has 0 aliphatic rings. The van der Waals surface area contributed by atoms with E-state index >= 15 is 0 Å². The fourth-order valence-electron chi connectivity index (χ4n) is 0.102. The minimum absolute atomic E-state index is 0.381. The van der Waals surface area contributed by atoms with E-state index in [-0.39, 0.29) is 6.61 Å². The van der Waals surface area contributed by atoms with E-state index in [9.17, 15) is 5.11 Å². The molecule has 0 N–H and O–H groups in total. The van der Waals surface area contributed by atoms with Crippen LogP contribution in [-0.2, 0) is 9.84 Å². The molecule has 0 saturated heterocycles. The van der Waals surface area contributed by atoms with Gasteiger partial charge in [0.25, 0.3) is 0 Å². The Balaban J connectivity index is 2.90. The van der Waals surface area contributed by atoms with E-state index in [1.165, 1.54) is 7.11 Å². The Morgan fingerprint density at radius 1 is 1.83 bits per heavy atom. The highest BCUT2D eigenvalue weighted by molar-refractivity contribution is 4.89. The van der Waals surface area contributed by atoms with E-state index in [1.54, 1.807) is 0 Å². The quantitative estimate of drug-likeness (QED) is 0.381. The number of rotatable bonds is 0. The normalized spacial score (nSPS) is 5.67. The third-order valence-electron chi connectivity index (χ3n) is 0.246. The van der Waals surface area contributed by atoms with Crippen LogP contribution < -0.4 is 0 Å². The van der Waals surface area contributed by atoms with Crippen LogP contribution in [0, 0.1) is 12.0 Å². The minimum atomic E-state index is -0.381. The molecule has 0 aliphatic carbocycles. The van der Waals surface area contributed by atoms with Gasteiger partial charge >= 0.3 is 0 Å². The molecule has 2 heteroatoms. The molecule has 0 bridgehead atoms. The van der Waals surface area contributed by atoms with Gasteiger partial charge in [-0.25, -0.2) is 5.11 Å². The van der Waals surface area contributed by atoms with E-state index in [0.29, 0.717) is 0 Å². The van der Waals surface area contributed by atoms with Gasteiger partial charge in [-0.05, 0) is 5.92 Å². The molecule has 0 unspecified atom stereocenters. The Labute approximate surface area is 36.7 Å². The Hall–Kier alpha value is -0.680. The molecule has 0 amide bonds. The third-order valence-corrected chi connectivity index (χ3v) is 0.246. The molecule has 0 saturated carbocycles. The van der Waals surface area contributed by atoms with Gasteiger partial charge in [-0.3, -0.25) is 0 Å². The first-order valence-corrected chi connectivity index (χ1v) is 1.50. The standard InChI is InChI=1S/C4H5O2/c1-6-4-2-3-5/h3H2,1H3. The molecule has 0 heterocycles. The van der Waals surface area contributed by atoms with Gasteiger partial charge in [0.2, 0.25) is 0 Å². The Morgan fingerprint density at radius 3 is 2.67 bits per heavy atom. The van der Waals surface area contributed by atoms with Crippen LogP contribution >= 0.6 is 0 Å². The first-order chi connectivity index (χ1) is 2.91. The summed E-state index contributed by atoms with van der Waals surface area (Å²) in [6.45, 7) is -0.381. The van der Waals surface area contributed by atoms with Crippen LogP contribution in [0.2, 0.25) is 0 Å². The smallest absolute Gasteiger partial charge is 0.146 e. The maximum Gasteiger partial charge on any atom is 0.146 e. The second kappa shape index (κ2) is 4.32. The van der Waals surface area contributed by atoms with Crippen LogP contribution in [-0.4, -0.2) is 13.7 Å². The fourth-order valence-corrected chi connectivity index (χ4v) is 0.102. The molecule has 0 aromatic carbocycles. The van der Waals surface area contributed by atoms with Crippen LogP contribution in [0.4, 0.5) is 0 Å². The lowest BCUT2D eigenvalue weighted by Gasteiger charge is -1.71. The van der Waals surface area contributed by atoms with Crippen molar-refractivity contribution in [2.24, 2.45) is 0 Å². The first-order valence-electron chi connectivity index (χ1n) is 1.50. The van der Waals surface area contributed by atoms with E-state index in [4.69, 9.17) is 0 Å². The van der Waals surface area contributed by atoms with Crippen molar-refractivity contribution in [1.82, 2.24) is 0 Å². The molecule has 1 radical (unpaired) electrons. The average molecular weight is 85.1 g/mol. The molecule has 2 nitrogen and oxygen atoms in total. The topological polar surface area (TPSA) is 29.1 Å². The molecule has 0 aliphatic heterocycles. The van der Waals surface area contributed by atoms with Crippen molar-refractivity contribution in [3.8, 4) is 12.0 Å². The molecule has 0 aromatic heterocycles.